The molecule has 0 spiro atoms. The third kappa shape index (κ3) is 3.31. The number of urea groups is 1. The van der Waals surface area contributed by atoms with Gasteiger partial charge in [-0.25, -0.2) is 4.79 Å². The minimum absolute atomic E-state index is 0.0874. The van der Waals surface area contributed by atoms with Crippen LogP contribution in [0.15, 0.2) is 5.16 Å². The number of piperazine rings is 1. The fraction of sp³-hybridized carbons (Fsp3) is 0.833. The van der Waals surface area contributed by atoms with Crippen LogP contribution in [-0.4, -0.2) is 90.3 Å². The highest BCUT2D eigenvalue weighted by Crippen LogP contribution is 2.10. The molecule has 20 heavy (non-hydrogen) atoms. The van der Waals surface area contributed by atoms with Gasteiger partial charge in [-0.15, -0.1) is 0 Å². The van der Waals surface area contributed by atoms with Gasteiger partial charge in [0.15, 0.2) is 5.84 Å². The zero-order chi connectivity index (χ0) is 14.5. The van der Waals surface area contributed by atoms with Crippen LogP contribution in [0.25, 0.3) is 0 Å². The van der Waals surface area contributed by atoms with Gasteiger partial charge in [-0.2, -0.15) is 0 Å². The Balaban J connectivity index is 1.83. The molecule has 0 aromatic heterocycles. The topological polar surface area (TPSA) is 94.6 Å². The first kappa shape index (κ1) is 14.9. The Morgan fingerprint density at radius 2 is 1.70 bits per heavy atom. The molecule has 2 saturated heterocycles. The third-order valence-corrected chi connectivity index (χ3v) is 3.96. The first-order valence-electron chi connectivity index (χ1n) is 6.96. The lowest BCUT2D eigenvalue weighted by atomic mass is 10.2. The number of amides is 2. The highest BCUT2D eigenvalue weighted by Gasteiger charge is 2.28. The van der Waals surface area contributed by atoms with Crippen LogP contribution in [0.3, 0.4) is 0 Å². The van der Waals surface area contributed by atoms with Crippen LogP contribution in [0.2, 0.25) is 0 Å². The van der Waals surface area contributed by atoms with E-state index in [2.05, 4.69) is 10.1 Å². The Kier molecular flexibility index (Phi) is 5.02. The van der Waals surface area contributed by atoms with Gasteiger partial charge in [0.25, 0.3) is 0 Å². The molecule has 0 bridgehead atoms. The Labute approximate surface area is 118 Å². The van der Waals surface area contributed by atoms with Gasteiger partial charge in [0.1, 0.15) is 0 Å². The molecule has 2 aliphatic rings. The van der Waals surface area contributed by atoms with Crippen molar-refractivity contribution in [2.75, 3.05) is 52.5 Å². The predicted octanol–water partition coefficient (Wildman–Crippen LogP) is -0.809. The average molecular weight is 285 g/mol. The maximum atomic E-state index is 12.3. The zero-order valence-corrected chi connectivity index (χ0v) is 11.9. The molecular weight excluding hydrogens is 262 g/mol. The number of hydrogen-bond donors (Lipinski definition) is 2. The Morgan fingerprint density at radius 1 is 1.15 bits per heavy atom. The molecule has 0 aliphatic carbocycles. The quantitative estimate of drug-likeness (QED) is 0.299. The maximum Gasteiger partial charge on any atom is 0.320 e. The normalized spacial score (nSPS) is 23.8. The van der Waals surface area contributed by atoms with Crippen LogP contribution in [0.5, 0.6) is 0 Å². The van der Waals surface area contributed by atoms with Crippen molar-refractivity contribution < 1.29 is 14.7 Å². The Bertz CT molecular complexity index is 362. The SMILES string of the molecule is CC(C(N)=NO)N1CCN(C(=O)N2CCOCC2)CC1. The van der Waals surface area contributed by atoms with Crippen molar-refractivity contribution in [2.24, 2.45) is 10.9 Å². The molecule has 0 aromatic rings. The molecule has 8 heteroatoms. The molecule has 2 heterocycles. The van der Waals surface area contributed by atoms with Crippen LogP contribution < -0.4 is 5.73 Å². The molecule has 1 atom stereocenters. The summed E-state index contributed by atoms with van der Waals surface area (Å²) >= 11 is 0. The Hall–Kier alpha value is -1.54. The van der Waals surface area contributed by atoms with Gasteiger partial charge in [-0.05, 0) is 6.92 Å². The number of carbonyl (C=O) groups excluding carboxylic acids is 1. The van der Waals surface area contributed by atoms with Crippen LogP contribution in [0, 0.1) is 0 Å². The number of hydrogen-bond acceptors (Lipinski definition) is 5. The van der Waals surface area contributed by atoms with Crippen molar-refractivity contribution in [3.05, 3.63) is 0 Å². The summed E-state index contributed by atoms with van der Waals surface area (Å²) in [4.78, 5) is 18.1. The number of nitrogens with zero attached hydrogens (tertiary/aromatic N) is 4. The van der Waals surface area contributed by atoms with Crippen molar-refractivity contribution in [1.82, 2.24) is 14.7 Å². The van der Waals surface area contributed by atoms with Gasteiger partial charge in [0, 0.05) is 39.3 Å². The second-order valence-electron chi connectivity index (χ2n) is 5.11. The summed E-state index contributed by atoms with van der Waals surface area (Å²) in [5, 5.41) is 11.7. The number of nitrogens with two attached hydrogens (primary N) is 1. The van der Waals surface area contributed by atoms with E-state index < -0.39 is 0 Å². The molecule has 1 unspecified atom stereocenters. The van der Waals surface area contributed by atoms with E-state index in [9.17, 15) is 4.79 Å². The largest absolute Gasteiger partial charge is 0.409 e. The summed E-state index contributed by atoms with van der Waals surface area (Å²) in [7, 11) is 0. The van der Waals surface area contributed by atoms with E-state index >= 15 is 0 Å². The molecule has 0 aromatic carbocycles. The summed E-state index contributed by atoms with van der Waals surface area (Å²) in [5.41, 5.74) is 5.61. The lowest BCUT2D eigenvalue weighted by Crippen LogP contribution is -2.57. The van der Waals surface area contributed by atoms with Gasteiger partial charge in [-0.1, -0.05) is 5.16 Å². The molecule has 114 valence electrons. The van der Waals surface area contributed by atoms with E-state index in [-0.39, 0.29) is 17.9 Å². The molecule has 0 saturated carbocycles. The minimum atomic E-state index is -0.111. The zero-order valence-electron chi connectivity index (χ0n) is 11.9. The fourth-order valence-electron chi connectivity index (χ4n) is 2.53. The lowest BCUT2D eigenvalue weighted by Gasteiger charge is -2.40. The van der Waals surface area contributed by atoms with E-state index in [1.807, 2.05) is 16.7 Å². The number of amidine groups is 1. The van der Waals surface area contributed by atoms with Crippen molar-refractivity contribution in [2.45, 2.75) is 13.0 Å². The molecule has 8 nitrogen and oxygen atoms in total. The number of ether oxygens (including phenoxy) is 1. The molecule has 0 radical (unpaired) electrons. The second kappa shape index (κ2) is 6.76. The first-order valence-corrected chi connectivity index (χ1v) is 6.96. The fourth-order valence-corrected chi connectivity index (χ4v) is 2.53. The summed E-state index contributed by atoms with van der Waals surface area (Å²) < 4.78 is 5.25. The summed E-state index contributed by atoms with van der Waals surface area (Å²) in [6.07, 6.45) is 0. The van der Waals surface area contributed by atoms with Crippen molar-refractivity contribution in [1.29, 1.82) is 0 Å². The van der Waals surface area contributed by atoms with Crippen LogP contribution in [0.4, 0.5) is 4.79 Å². The first-order chi connectivity index (χ1) is 9.63. The summed E-state index contributed by atoms with van der Waals surface area (Å²) in [6, 6.07) is -0.0231. The number of morpholine rings is 1. The van der Waals surface area contributed by atoms with Gasteiger partial charge >= 0.3 is 6.03 Å². The summed E-state index contributed by atoms with van der Waals surface area (Å²) in [5.74, 6) is 0.206. The highest BCUT2D eigenvalue weighted by atomic mass is 16.5. The smallest absolute Gasteiger partial charge is 0.320 e. The molecular formula is C12H23N5O3. The monoisotopic (exact) mass is 285 g/mol. The molecule has 2 fully saturated rings. The van der Waals surface area contributed by atoms with Crippen molar-refractivity contribution in [3.8, 4) is 0 Å². The highest BCUT2D eigenvalue weighted by molar-refractivity contribution is 5.84. The molecule has 2 rings (SSSR count). The number of oxime groups is 1. The van der Waals surface area contributed by atoms with Gasteiger partial charge < -0.3 is 25.5 Å². The van der Waals surface area contributed by atoms with Crippen LogP contribution in [-0.2, 0) is 4.74 Å². The van der Waals surface area contributed by atoms with Gasteiger partial charge in [-0.3, -0.25) is 4.90 Å². The van der Waals surface area contributed by atoms with E-state index in [0.29, 0.717) is 39.4 Å². The Morgan fingerprint density at radius 3 is 2.25 bits per heavy atom. The molecule has 3 N–H and O–H groups in total. The van der Waals surface area contributed by atoms with Crippen LogP contribution >= 0.6 is 0 Å². The number of rotatable bonds is 2. The van der Waals surface area contributed by atoms with Gasteiger partial charge in [0.05, 0.1) is 19.3 Å². The second-order valence-corrected chi connectivity index (χ2v) is 5.11. The average Bonchev–Trinajstić information content (AvgIpc) is 2.53. The van der Waals surface area contributed by atoms with E-state index in [4.69, 9.17) is 15.7 Å². The lowest BCUT2D eigenvalue weighted by molar-refractivity contribution is 0.0369. The van der Waals surface area contributed by atoms with E-state index in [0.717, 1.165) is 13.1 Å². The van der Waals surface area contributed by atoms with E-state index in [1.54, 1.807) is 0 Å². The minimum Gasteiger partial charge on any atom is -0.409 e. The molecule has 2 amide bonds. The predicted molar refractivity (Wildman–Crippen MR) is 73.8 cm³/mol. The van der Waals surface area contributed by atoms with Gasteiger partial charge in [0.2, 0.25) is 0 Å². The summed E-state index contributed by atoms with van der Waals surface area (Å²) in [6.45, 7) is 7.26. The number of carbonyl (C=O) groups is 1. The standard InChI is InChI=1S/C12H23N5O3/c1-10(11(13)14-19)15-2-4-16(5-3-15)12(18)17-6-8-20-9-7-17/h10,19H,2-9H2,1H3,(H2,13,14). The molecule has 2 aliphatic heterocycles. The van der Waals surface area contributed by atoms with Crippen molar-refractivity contribution in [3.63, 3.8) is 0 Å². The van der Waals surface area contributed by atoms with Crippen LogP contribution in [0.1, 0.15) is 6.92 Å². The maximum absolute atomic E-state index is 12.3. The van der Waals surface area contributed by atoms with E-state index in [1.165, 1.54) is 0 Å². The van der Waals surface area contributed by atoms with Crippen molar-refractivity contribution >= 4 is 11.9 Å². The third-order valence-electron chi connectivity index (χ3n) is 3.96.